The highest BCUT2D eigenvalue weighted by Crippen LogP contribution is 2.23. The van der Waals surface area contributed by atoms with Crippen LogP contribution in [0.2, 0.25) is 0 Å². The summed E-state index contributed by atoms with van der Waals surface area (Å²) in [5.74, 6) is 1.51. The van der Waals surface area contributed by atoms with Crippen molar-refractivity contribution in [2.75, 3.05) is 13.2 Å². The third kappa shape index (κ3) is 7.06. The molecule has 0 unspecified atom stereocenters. The quantitative estimate of drug-likeness (QED) is 0.500. The molecular formula is C24H24F2N2O5. The topological polar surface area (TPSA) is 82.8 Å². The number of hydrogen-bond donors (Lipinski definition) is 1. The minimum absolute atomic E-state index is 0.0470. The molecule has 1 aliphatic heterocycles. The van der Waals surface area contributed by atoms with Crippen molar-refractivity contribution in [2.45, 2.75) is 26.5 Å². The van der Waals surface area contributed by atoms with Crippen LogP contribution in [0.25, 0.3) is 11.5 Å². The van der Waals surface area contributed by atoms with Crippen LogP contribution < -0.4 is 14.8 Å². The van der Waals surface area contributed by atoms with E-state index in [0.717, 1.165) is 18.8 Å². The fourth-order valence-electron chi connectivity index (χ4n) is 2.75. The van der Waals surface area contributed by atoms with Crippen LogP contribution in [0.5, 0.6) is 11.5 Å². The largest absolute Gasteiger partial charge is 0.498 e. The van der Waals surface area contributed by atoms with E-state index in [1.165, 1.54) is 18.4 Å². The summed E-state index contributed by atoms with van der Waals surface area (Å²) in [5, 5.41) is 2.76. The Morgan fingerprint density at radius 3 is 2.52 bits per heavy atom. The third-order valence-electron chi connectivity index (χ3n) is 4.43. The third-order valence-corrected chi connectivity index (χ3v) is 4.43. The molecular weight excluding hydrogens is 434 g/mol. The molecule has 1 saturated heterocycles. The van der Waals surface area contributed by atoms with Gasteiger partial charge in [-0.1, -0.05) is 18.7 Å². The number of ether oxygens (including phenoxy) is 3. The van der Waals surface area contributed by atoms with Gasteiger partial charge in [0.15, 0.2) is 0 Å². The SMILES string of the molecule is C=C1CCO1.CCOc1ccccc1C(=O)NCc1coc(-c2ccc(OC(F)F)cc2)n1. The van der Waals surface area contributed by atoms with Crippen molar-refractivity contribution in [1.82, 2.24) is 10.3 Å². The van der Waals surface area contributed by atoms with Crippen LogP contribution in [0.4, 0.5) is 8.78 Å². The van der Waals surface area contributed by atoms with Crippen molar-refractivity contribution in [1.29, 1.82) is 0 Å². The number of oxazole rings is 1. The van der Waals surface area contributed by atoms with Crippen molar-refractivity contribution < 1.29 is 32.2 Å². The molecule has 2 aromatic carbocycles. The zero-order chi connectivity index (χ0) is 23.6. The highest BCUT2D eigenvalue weighted by atomic mass is 19.3. The van der Waals surface area contributed by atoms with Crippen molar-refractivity contribution in [2.24, 2.45) is 0 Å². The van der Waals surface area contributed by atoms with Gasteiger partial charge in [0.2, 0.25) is 5.89 Å². The maximum atomic E-state index is 12.4. The Labute approximate surface area is 190 Å². The number of nitrogens with zero attached hydrogens (tertiary/aromatic N) is 1. The van der Waals surface area contributed by atoms with E-state index in [9.17, 15) is 13.6 Å². The molecule has 7 nitrogen and oxygen atoms in total. The van der Waals surface area contributed by atoms with Gasteiger partial charge in [0.1, 0.15) is 17.8 Å². The number of para-hydroxylation sites is 1. The second kappa shape index (κ2) is 11.7. The molecule has 0 spiro atoms. The number of benzene rings is 2. The van der Waals surface area contributed by atoms with Gasteiger partial charge in [-0.15, -0.1) is 0 Å². The lowest BCUT2D eigenvalue weighted by Crippen LogP contribution is -2.23. The molecule has 1 aliphatic rings. The van der Waals surface area contributed by atoms with E-state index in [-0.39, 0.29) is 18.2 Å². The highest BCUT2D eigenvalue weighted by molar-refractivity contribution is 5.96. The van der Waals surface area contributed by atoms with Crippen LogP contribution in [0.1, 0.15) is 29.4 Å². The smallest absolute Gasteiger partial charge is 0.387 e. The van der Waals surface area contributed by atoms with Crippen molar-refractivity contribution in [3.05, 3.63) is 78.4 Å². The van der Waals surface area contributed by atoms with Gasteiger partial charge in [0, 0.05) is 12.0 Å². The van der Waals surface area contributed by atoms with Crippen LogP contribution in [0, 0.1) is 0 Å². The average Bonchev–Trinajstić information content (AvgIpc) is 3.26. The van der Waals surface area contributed by atoms with Crippen molar-refractivity contribution in [3.8, 4) is 23.0 Å². The second-order valence-electron chi connectivity index (χ2n) is 6.80. The summed E-state index contributed by atoms with van der Waals surface area (Å²) < 4.78 is 44.3. The Morgan fingerprint density at radius 2 is 1.91 bits per heavy atom. The molecule has 33 heavy (non-hydrogen) atoms. The maximum absolute atomic E-state index is 12.4. The maximum Gasteiger partial charge on any atom is 0.387 e. The summed E-state index contributed by atoms with van der Waals surface area (Å²) in [7, 11) is 0. The number of carbonyl (C=O) groups excluding carboxylic acids is 1. The first kappa shape index (κ1) is 23.8. The fourth-order valence-corrected chi connectivity index (χ4v) is 2.75. The molecule has 0 atom stereocenters. The lowest BCUT2D eigenvalue weighted by Gasteiger charge is -2.15. The number of amides is 1. The first-order valence-electron chi connectivity index (χ1n) is 10.3. The van der Waals surface area contributed by atoms with Crippen LogP contribution in [0.15, 0.2) is 71.5 Å². The van der Waals surface area contributed by atoms with Gasteiger partial charge in [-0.05, 0) is 43.3 Å². The number of carbonyl (C=O) groups is 1. The van der Waals surface area contributed by atoms with Gasteiger partial charge in [0.05, 0.1) is 36.8 Å². The Balaban J connectivity index is 0.000000541. The van der Waals surface area contributed by atoms with Crippen molar-refractivity contribution in [3.63, 3.8) is 0 Å². The number of halogens is 2. The first-order chi connectivity index (χ1) is 16.0. The molecule has 2 heterocycles. The van der Waals surface area contributed by atoms with E-state index < -0.39 is 6.61 Å². The molecule has 1 aromatic heterocycles. The summed E-state index contributed by atoms with van der Waals surface area (Å²) in [4.78, 5) is 16.7. The summed E-state index contributed by atoms with van der Waals surface area (Å²) >= 11 is 0. The van der Waals surface area contributed by atoms with E-state index in [2.05, 4.69) is 21.6 Å². The molecule has 0 aliphatic carbocycles. The van der Waals surface area contributed by atoms with Crippen LogP contribution in [0.3, 0.4) is 0 Å². The normalized spacial score (nSPS) is 12.2. The lowest BCUT2D eigenvalue weighted by molar-refractivity contribution is -0.0498. The monoisotopic (exact) mass is 458 g/mol. The van der Waals surface area contributed by atoms with E-state index in [0.29, 0.717) is 35.1 Å². The van der Waals surface area contributed by atoms with Gasteiger partial charge in [0.25, 0.3) is 5.91 Å². The van der Waals surface area contributed by atoms with Gasteiger partial charge >= 0.3 is 6.61 Å². The molecule has 9 heteroatoms. The summed E-state index contributed by atoms with van der Waals surface area (Å²) in [6, 6.07) is 12.9. The van der Waals surface area contributed by atoms with Crippen LogP contribution >= 0.6 is 0 Å². The Morgan fingerprint density at radius 1 is 1.21 bits per heavy atom. The molecule has 0 radical (unpaired) electrons. The average molecular weight is 458 g/mol. The van der Waals surface area contributed by atoms with Gasteiger partial charge < -0.3 is 23.9 Å². The Bertz CT molecular complexity index is 1060. The molecule has 4 rings (SSSR count). The fraction of sp³-hybridized carbons (Fsp3) is 0.250. The predicted octanol–water partition coefficient (Wildman–Crippen LogP) is 5.19. The predicted molar refractivity (Wildman–Crippen MR) is 117 cm³/mol. The number of alkyl halides is 2. The molecule has 174 valence electrons. The van der Waals surface area contributed by atoms with Gasteiger partial charge in [-0.3, -0.25) is 4.79 Å². The standard InChI is InChI=1S/C20H18F2N2O4.C4H6O/c1-2-26-17-6-4-3-5-16(17)18(25)23-11-14-12-27-19(24-14)13-7-9-15(10-8-13)28-20(21)22;1-4-2-3-5-4/h3-10,12,20H,2,11H2,1H3,(H,23,25);1-3H2. The molecule has 0 saturated carbocycles. The zero-order valence-electron chi connectivity index (χ0n) is 18.1. The first-order valence-corrected chi connectivity index (χ1v) is 10.3. The molecule has 1 N–H and O–H groups in total. The molecule has 1 amide bonds. The summed E-state index contributed by atoms with van der Waals surface area (Å²) in [6.45, 7) is 4.01. The molecule has 1 fully saturated rings. The van der Waals surface area contributed by atoms with Crippen molar-refractivity contribution >= 4 is 5.91 Å². The lowest BCUT2D eigenvalue weighted by atomic mass is 10.2. The number of nitrogens with one attached hydrogen (secondary N) is 1. The van der Waals surface area contributed by atoms with E-state index >= 15 is 0 Å². The molecule has 0 bridgehead atoms. The number of hydrogen-bond acceptors (Lipinski definition) is 6. The Hall–Kier alpha value is -3.88. The highest BCUT2D eigenvalue weighted by Gasteiger charge is 2.13. The van der Waals surface area contributed by atoms with Crippen LogP contribution in [-0.2, 0) is 11.3 Å². The number of rotatable bonds is 8. The summed E-state index contributed by atoms with van der Waals surface area (Å²) in [6.07, 6.45) is 2.49. The summed E-state index contributed by atoms with van der Waals surface area (Å²) in [5.41, 5.74) is 1.55. The minimum Gasteiger partial charge on any atom is -0.498 e. The van der Waals surface area contributed by atoms with E-state index in [1.54, 1.807) is 36.4 Å². The van der Waals surface area contributed by atoms with Gasteiger partial charge in [-0.25, -0.2) is 4.98 Å². The van der Waals surface area contributed by atoms with Gasteiger partial charge in [-0.2, -0.15) is 8.78 Å². The molecule has 3 aromatic rings. The zero-order valence-corrected chi connectivity index (χ0v) is 18.1. The van der Waals surface area contributed by atoms with Crippen LogP contribution in [-0.4, -0.2) is 30.7 Å². The minimum atomic E-state index is -2.88. The second-order valence-corrected chi connectivity index (χ2v) is 6.80. The number of aromatic nitrogens is 1. The van der Waals surface area contributed by atoms with E-state index in [4.69, 9.17) is 13.9 Å². The van der Waals surface area contributed by atoms with E-state index in [1.807, 2.05) is 6.92 Å². The Kier molecular flexibility index (Phi) is 8.40.